The molecule has 1 atom stereocenters. The average Bonchev–Trinajstić information content (AvgIpc) is 2.75. The molecular formula is C13H23NO3. The highest BCUT2D eigenvalue weighted by Gasteiger charge is 2.28. The van der Waals surface area contributed by atoms with E-state index in [4.69, 9.17) is 4.74 Å². The first-order valence-corrected chi connectivity index (χ1v) is 6.64. The quantitative estimate of drug-likeness (QED) is 0.669. The lowest BCUT2D eigenvalue weighted by Crippen LogP contribution is -2.38. The van der Waals surface area contributed by atoms with Crippen molar-refractivity contribution < 1.29 is 14.3 Å². The van der Waals surface area contributed by atoms with Crippen molar-refractivity contribution >= 4 is 11.9 Å². The number of esters is 1. The molecule has 1 aliphatic rings. The number of hydrogen-bond donors (Lipinski definition) is 0. The van der Waals surface area contributed by atoms with Gasteiger partial charge in [-0.1, -0.05) is 13.8 Å². The van der Waals surface area contributed by atoms with E-state index in [2.05, 4.69) is 0 Å². The van der Waals surface area contributed by atoms with Crippen LogP contribution in [-0.4, -0.2) is 36.0 Å². The largest absolute Gasteiger partial charge is 0.463 e. The second-order valence-electron chi connectivity index (χ2n) is 4.57. The zero-order chi connectivity index (χ0) is 12.7. The van der Waals surface area contributed by atoms with Crippen molar-refractivity contribution in [3.8, 4) is 0 Å². The normalized spacial score (nSPS) is 19.4. The van der Waals surface area contributed by atoms with Gasteiger partial charge in [-0.15, -0.1) is 0 Å². The van der Waals surface area contributed by atoms with Crippen LogP contribution in [0.3, 0.4) is 0 Å². The predicted octanol–water partition coefficient (Wildman–Crippen LogP) is 2.12. The van der Waals surface area contributed by atoms with Gasteiger partial charge in [-0.25, -0.2) is 0 Å². The van der Waals surface area contributed by atoms with Gasteiger partial charge in [0.25, 0.3) is 0 Å². The first-order valence-electron chi connectivity index (χ1n) is 6.64. The zero-order valence-corrected chi connectivity index (χ0v) is 10.9. The fraction of sp³-hybridized carbons (Fsp3) is 0.846. The first kappa shape index (κ1) is 14.0. The van der Waals surface area contributed by atoms with Crippen LogP contribution in [-0.2, 0) is 14.3 Å². The van der Waals surface area contributed by atoms with Gasteiger partial charge < -0.3 is 9.64 Å². The molecule has 0 spiro atoms. The van der Waals surface area contributed by atoms with Gasteiger partial charge in [0.15, 0.2) is 0 Å². The summed E-state index contributed by atoms with van der Waals surface area (Å²) in [5.41, 5.74) is 0. The molecule has 4 nitrogen and oxygen atoms in total. The minimum absolute atomic E-state index is 0.106. The van der Waals surface area contributed by atoms with Crippen LogP contribution in [0.5, 0.6) is 0 Å². The molecule has 1 saturated heterocycles. The number of amides is 1. The van der Waals surface area contributed by atoms with Crippen LogP contribution in [0.2, 0.25) is 0 Å². The summed E-state index contributed by atoms with van der Waals surface area (Å²) in [4.78, 5) is 25.0. The van der Waals surface area contributed by atoms with E-state index in [0.717, 1.165) is 32.2 Å². The minimum atomic E-state index is -0.151. The molecular weight excluding hydrogens is 218 g/mol. The molecule has 0 bridgehead atoms. The standard InChI is InChI=1S/C13H23NO3/c1-3-6-12(15)14-9-5-8-11(14)10-17-13(16)7-4-2/h11H,3-10H2,1-2H3. The van der Waals surface area contributed by atoms with E-state index in [9.17, 15) is 9.59 Å². The van der Waals surface area contributed by atoms with Gasteiger partial charge >= 0.3 is 5.97 Å². The number of rotatable bonds is 6. The summed E-state index contributed by atoms with van der Waals surface area (Å²) in [5.74, 6) is 0.0452. The van der Waals surface area contributed by atoms with Crippen molar-refractivity contribution in [2.24, 2.45) is 0 Å². The van der Waals surface area contributed by atoms with E-state index in [1.165, 1.54) is 0 Å². The number of hydrogen-bond acceptors (Lipinski definition) is 3. The third kappa shape index (κ3) is 4.36. The van der Waals surface area contributed by atoms with E-state index in [1.54, 1.807) is 0 Å². The summed E-state index contributed by atoms with van der Waals surface area (Å²) in [5, 5.41) is 0. The van der Waals surface area contributed by atoms with Crippen molar-refractivity contribution in [2.45, 2.75) is 58.4 Å². The molecule has 0 aromatic rings. The zero-order valence-electron chi connectivity index (χ0n) is 10.9. The van der Waals surface area contributed by atoms with Crippen molar-refractivity contribution in [3.05, 3.63) is 0 Å². The maximum absolute atomic E-state index is 11.8. The third-order valence-electron chi connectivity index (χ3n) is 3.05. The van der Waals surface area contributed by atoms with Crippen LogP contribution in [0.15, 0.2) is 0 Å². The van der Waals surface area contributed by atoms with Crippen LogP contribution in [0, 0.1) is 0 Å². The predicted molar refractivity (Wildman–Crippen MR) is 65.5 cm³/mol. The second-order valence-corrected chi connectivity index (χ2v) is 4.57. The highest BCUT2D eigenvalue weighted by molar-refractivity contribution is 5.76. The first-order chi connectivity index (χ1) is 8.19. The molecule has 0 saturated carbocycles. The monoisotopic (exact) mass is 241 g/mol. The van der Waals surface area contributed by atoms with Gasteiger partial charge in [-0.05, 0) is 25.7 Å². The molecule has 0 aliphatic carbocycles. The molecule has 1 rings (SSSR count). The van der Waals surface area contributed by atoms with Crippen molar-refractivity contribution in [3.63, 3.8) is 0 Å². The SMILES string of the molecule is CCCC(=O)OCC1CCCN1C(=O)CCC. The Balaban J connectivity index is 2.36. The highest BCUT2D eigenvalue weighted by atomic mass is 16.5. The Kier molecular flexibility index (Phi) is 6.01. The molecule has 17 heavy (non-hydrogen) atoms. The molecule has 1 amide bonds. The van der Waals surface area contributed by atoms with Crippen molar-refractivity contribution in [2.75, 3.05) is 13.2 Å². The molecule has 1 aliphatic heterocycles. The Morgan fingerprint density at radius 2 is 1.94 bits per heavy atom. The number of carbonyl (C=O) groups is 2. The third-order valence-corrected chi connectivity index (χ3v) is 3.05. The summed E-state index contributed by atoms with van der Waals surface area (Å²) >= 11 is 0. The Labute approximate surface area is 103 Å². The molecule has 4 heteroatoms. The molecule has 0 radical (unpaired) electrons. The van der Waals surface area contributed by atoms with E-state index in [-0.39, 0.29) is 17.9 Å². The van der Waals surface area contributed by atoms with Gasteiger partial charge in [-0.3, -0.25) is 9.59 Å². The number of likely N-dealkylation sites (tertiary alicyclic amines) is 1. The van der Waals surface area contributed by atoms with Gasteiger partial charge in [0.2, 0.25) is 5.91 Å². The van der Waals surface area contributed by atoms with Crippen LogP contribution in [0.1, 0.15) is 52.4 Å². The minimum Gasteiger partial charge on any atom is -0.463 e. The van der Waals surface area contributed by atoms with Gasteiger partial charge in [0.05, 0.1) is 6.04 Å². The highest BCUT2D eigenvalue weighted by Crippen LogP contribution is 2.19. The van der Waals surface area contributed by atoms with Crippen LogP contribution in [0.25, 0.3) is 0 Å². The summed E-state index contributed by atoms with van der Waals surface area (Å²) in [6, 6.07) is 0.106. The topological polar surface area (TPSA) is 46.6 Å². The average molecular weight is 241 g/mol. The summed E-state index contributed by atoms with van der Waals surface area (Å²) in [6.07, 6.45) is 4.72. The molecule has 1 fully saturated rings. The number of ether oxygens (including phenoxy) is 1. The molecule has 1 unspecified atom stereocenters. The van der Waals surface area contributed by atoms with Gasteiger partial charge in [0.1, 0.15) is 6.61 Å². The summed E-state index contributed by atoms with van der Waals surface area (Å²) in [7, 11) is 0. The Bertz CT molecular complexity index is 265. The van der Waals surface area contributed by atoms with Crippen LogP contribution < -0.4 is 0 Å². The lowest BCUT2D eigenvalue weighted by atomic mass is 10.2. The lowest BCUT2D eigenvalue weighted by molar-refractivity contribution is -0.147. The fourth-order valence-corrected chi connectivity index (χ4v) is 2.16. The van der Waals surface area contributed by atoms with E-state index in [1.807, 2.05) is 18.7 Å². The van der Waals surface area contributed by atoms with Crippen molar-refractivity contribution in [1.82, 2.24) is 4.90 Å². The summed E-state index contributed by atoms with van der Waals surface area (Å²) in [6.45, 7) is 5.14. The van der Waals surface area contributed by atoms with E-state index < -0.39 is 0 Å². The van der Waals surface area contributed by atoms with Gasteiger partial charge in [0, 0.05) is 19.4 Å². The maximum atomic E-state index is 11.8. The Morgan fingerprint density at radius 1 is 1.24 bits per heavy atom. The number of nitrogens with zero attached hydrogens (tertiary/aromatic N) is 1. The maximum Gasteiger partial charge on any atom is 0.305 e. The van der Waals surface area contributed by atoms with Crippen LogP contribution >= 0.6 is 0 Å². The lowest BCUT2D eigenvalue weighted by Gasteiger charge is -2.24. The Morgan fingerprint density at radius 3 is 2.59 bits per heavy atom. The van der Waals surface area contributed by atoms with Crippen LogP contribution in [0.4, 0.5) is 0 Å². The second kappa shape index (κ2) is 7.30. The summed E-state index contributed by atoms with van der Waals surface area (Å²) < 4.78 is 5.19. The molecule has 0 aromatic heterocycles. The molecule has 0 N–H and O–H groups in total. The Hall–Kier alpha value is -1.06. The molecule has 98 valence electrons. The van der Waals surface area contributed by atoms with Gasteiger partial charge in [-0.2, -0.15) is 0 Å². The smallest absolute Gasteiger partial charge is 0.305 e. The van der Waals surface area contributed by atoms with Crippen molar-refractivity contribution in [1.29, 1.82) is 0 Å². The fourth-order valence-electron chi connectivity index (χ4n) is 2.16. The van der Waals surface area contributed by atoms with E-state index >= 15 is 0 Å². The van der Waals surface area contributed by atoms with E-state index in [0.29, 0.717) is 19.4 Å². The molecule has 1 heterocycles. The number of carbonyl (C=O) groups excluding carboxylic acids is 2. The molecule has 0 aromatic carbocycles.